The molecule has 3 amide bonds. The van der Waals surface area contributed by atoms with E-state index in [1.165, 1.54) is 0 Å². The van der Waals surface area contributed by atoms with E-state index < -0.39 is 0 Å². The quantitative estimate of drug-likeness (QED) is 0.578. The van der Waals surface area contributed by atoms with Crippen LogP contribution in [0.3, 0.4) is 0 Å². The van der Waals surface area contributed by atoms with Crippen molar-refractivity contribution in [3.8, 4) is 5.75 Å². The van der Waals surface area contributed by atoms with E-state index in [1.807, 2.05) is 12.1 Å². The number of para-hydroxylation sites is 2. The van der Waals surface area contributed by atoms with Crippen LogP contribution in [-0.4, -0.2) is 55.8 Å². The van der Waals surface area contributed by atoms with Gasteiger partial charge in [0.05, 0.1) is 31.9 Å². The number of imide groups is 1. The number of phenolic OH excluding ortho intramolecular Hbond substituents is 1. The molecule has 23 heavy (non-hydrogen) atoms. The van der Waals surface area contributed by atoms with E-state index in [0.29, 0.717) is 6.54 Å². The summed E-state index contributed by atoms with van der Waals surface area (Å²) < 4.78 is 0. The lowest BCUT2D eigenvalue weighted by Gasteiger charge is -2.33. The molecule has 3 rings (SSSR count). The van der Waals surface area contributed by atoms with Gasteiger partial charge in [0, 0.05) is 6.04 Å². The Morgan fingerprint density at radius 1 is 1.22 bits per heavy atom. The van der Waals surface area contributed by atoms with E-state index >= 15 is 0 Å². The number of quaternary nitrogens is 1. The minimum atomic E-state index is -0.384. The first-order chi connectivity index (χ1) is 11.1. The van der Waals surface area contributed by atoms with Gasteiger partial charge in [-0.1, -0.05) is 12.1 Å². The van der Waals surface area contributed by atoms with Gasteiger partial charge in [-0.2, -0.15) is 0 Å². The average Bonchev–Trinajstić information content (AvgIpc) is 3.32. The summed E-state index contributed by atoms with van der Waals surface area (Å²) in [6.45, 7) is 3.44. The molecule has 0 bridgehead atoms. The summed E-state index contributed by atoms with van der Waals surface area (Å²) in [5, 5.41) is 15.0. The molecule has 1 aromatic carbocycles. The summed E-state index contributed by atoms with van der Waals surface area (Å²) in [6, 6.07) is 7.15. The van der Waals surface area contributed by atoms with Gasteiger partial charge in [0.2, 0.25) is 0 Å². The van der Waals surface area contributed by atoms with Crippen molar-refractivity contribution in [2.24, 2.45) is 0 Å². The van der Waals surface area contributed by atoms with E-state index in [4.69, 9.17) is 0 Å². The molecule has 1 aromatic rings. The zero-order valence-corrected chi connectivity index (χ0v) is 13.0. The molecule has 1 aliphatic carbocycles. The molecule has 0 aromatic heterocycles. The average molecular weight is 319 g/mol. The number of carbonyl (C=O) groups is 2. The number of nitrogens with one attached hydrogen (secondary N) is 3. The third kappa shape index (κ3) is 4.35. The van der Waals surface area contributed by atoms with E-state index in [2.05, 4.69) is 15.5 Å². The van der Waals surface area contributed by atoms with Gasteiger partial charge in [-0.15, -0.1) is 0 Å². The summed E-state index contributed by atoms with van der Waals surface area (Å²) in [5.74, 6) is 0.0413. The van der Waals surface area contributed by atoms with Crippen LogP contribution in [0.15, 0.2) is 24.3 Å². The molecule has 1 aliphatic heterocycles. The summed E-state index contributed by atoms with van der Waals surface area (Å²) >= 11 is 0. The largest absolute Gasteiger partial charge is 0.506 e. The maximum Gasteiger partial charge on any atom is 0.321 e. The summed E-state index contributed by atoms with van der Waals surface area (Å²) in [5.41, 5.74) is 0.833. The van der Waals surface area contributed by atoms with Crippen molar-refractivity contribution in [2.75, 3.05) is 37.6 Å². The van der Waals surface area contributed by atoms with Crippen molar-refractivity contribution < 1.29 is 19.6 Å². The van der Waals surface area contributed by atoms with Crippen molar-refractivity contribution in [3.05, 3.63) is 24.3 Å². The number of phenols is 1. The molecule has 1 heterocycles. The molecule has 4 N–H and O–H groups in total. The number of urea groups is 1. The van der Waals surface area contributed by atoms with Crippen LogP contribution < -0.4 is 20.4 Å². The van der Waals surface area contributed by atoms with Gasteiger partial charge in [-0.05, 0) is 25.0 Å². The van der Waals surface area contributed by atoms with Crippen molar-refractivity contribution in [1.29, 1.82) is 0 Å². The van der Waals surface area contributed by atoms with Crippen LogP contribution in [0.5, 0.6) is 5.75 Å². The highest BCUT2D eigenvalue weighted by atomic mass is 16.3. The van der Waals surface area contributed by atoms with Crippen LogP contribution in [0.2, 0.25) is 0 Å². The zero-order chi connectivity index (χ0) is 16.2. The summed E-state index contributed by atoms with van der Waals surface area (Å²) in [7, 11) is 0. The van der Waals surface area contributed by atoms with Gasteiger partial charge in [-0.25, -0.2) is 4.79 Å². The first kappa shape index (κ1) is 15.6. The fourth-order valence-corrected chi connectivity index (χ4v) is 2.82. The van der Waals surface area contributed by atoms with Crippen LogP contribution in [0.4, 0.5) is 10.5 Å². The third-order valence-corrected chi connectivity index (χ3v) is 4.27. The number of piperazine rings is 1. The highest BCUT2D eigenvalue weighted by Gasteiger charge is 2.26. The number of anilines is 1. The van der Waals surface area contributed by atoms with Crippen LogP contribution in [0.1, 0.15) is 12.8 Å². The molecule has 0 unspecified atom stereocenters. The molecule has 0 radical (unpaired) electrons. The molecule has 1 saturated heterocycles. The van der Waals surface area contributed by atoms with Crippen molar-refractivity contribution >= 4 is 17.6 Å². The Kier molecular flexibility index (Phi) is 4.66. The van der Waals surface area contributed by atoms with E-state index in [9.17, 15) is 14.7 Å². The molecule has 0 spiro atoms. The fraction of sp³-hybridized carbons (Fsp3) is 0.500. The smallest absolute Gasteiger partial charge is 0.321 e. The molecular weight excluding hydrogens is 296 g/mol. The van der Waals surface area contributed by atoms with Gasteiger partial charge in [0.25, 0.3) is 5.91 Å². The van der Waals surface area contributed by atoms with E-state index in [-0.39, 0.29) is 23.7 Å². The van der Waals surface area contributed by atoms with E-state index in [1.54, 1.807) is 12.1 Å². The number of amides is 3. The Hall–Kier alpha value is -2.28. The van der Waals surface area contributed by atoms with Crippen molar-refractivity contribution in [3.63, 3.8) is 0 Å². The molecular formula is C16H23N4O3+. The molecule has 2 aliphatic rings. The van der Waals surface area contributed by atoms with E-state index in [0.717, 1.165) is 49.6 Å². The first-order valence-electron chi connectivity index (χ1n) is 8.08. The van der Waals surface area contributed by atoms with Crippen LogP contribution in [-0.2, 0) is 4.79 Å². The Balaban J connectivity index is 1.42. The lowest BCUT2D eigenvalue weighted by Crippen LogP contribution is -3.16. The maximum atomic E-state index is 11.9. The number of rotatable bonds is 4. The lowest BCUT2D eigenvalue weighted by molar-refractivity contribution is -0.892. The highest BCUT2D eigenvalue weighted by molar-refractivity contribution is 5.94. The normalized spacial score (nSPS) is 18.5. The minimum Gasteiger partial charge on any atom is -0.506 e. The number of hydrogen-bond acceptors (Lipinski definition) is 4. The second-order valence-corrected chi connectivity index (χ2v) is 6.20. The zero-order valence-electron chi connectivity index (χ0n) is 13.0. The third-order valence-electron chi connectivity index (χ3n) is 4.27. The first-order valence-corrected chi connectivity index (χ1v) is 8.08. The fourth-order valence-electron chi connectivity index (χ4n) is 2.82. The van der Waals surface area contributed by atoms with Gasteiger partial charge in [0.1, 0.15) is 5.75 Å². The SMILES string of the molecule is O=C(C[NH+]1CCN(c2ccccc2O)CC1)NC(=O)NC1CC1. The van der Waals surface area contributed by atoms with Gasteiger partial charge >= 0.3 is 6.03 Å². The molecule has 2 fully saturated rings. The highest BCUT2D eigenvalue weighted by Crippen LogP contribution is 2.25. The Bertz CT molecular complexity index is 580. The number of carbonyl (C=O) groups excluding carboxylic acids is 2. The molecule has 124 valence electrons. The van der Waals surface area contributed by atoms with Crippen LogP contribution >= 0.6 is 0 Å². The predicted octanol–water partition coefficient (Wildman–Crippen LogP) is -0.915. The number of nitrogens with zero attached hydrogens (tertiary/aromatic N) is 1. The molecule has 7 heteroatoms. The monoisotopic (exact) mass is 319 g/mol. The van der Waals surface area contributed by atoms with Crippen LogP contribution in [0.25, 0.3) is 0 Å². The predicted molar refractivity (Wildman–Crippen MR) is 85.6 cm³/mol. The Labute approximate surface area is 135 Å². The number of benzene rings is 1. The summed E-state index contributed by atoms with van der Waals surface area (Å²) in [6.07, 6.45) is 2.00. The number of aromatic hydroxyl groups is 1. The number of hydrogen-bond donors (Lipinski definition) is 4. The van der Waals surface area contributed by atoms with Crippen LogP contribution in [0, 0.1) is 0 Å². The molecule has 0 atom stereocenters. The van der Waals surface area contributed by atoms with Gasteiger partial charge < -0.3 is 20.2 Å². The van der Waals surface area contributed by atoms with Gasteiger partial charge in [-0.3, -0.25) is 10.1 Å². The maximum absolute atomic E-state index is 11.9. The standard InChI is InChI=1S/C16H22N4O3/c21-14-4-2-1-3-13(14)20-9-7-19(8-10-20)11-15(22)18-16(23)17-12-5-6-12/h1-4,12,21H,5-11H2,(H2,17,18,22,23)/p+1. The topological polar surface area (TPSA) is 86.1 Å². The Morgan fingerprint density at radius 2 is 1.91 bits per heavy atom. The Morgan fingerprint density at radius 3 is 2.57 bits per heavy atom. The van der Waals surface area contributed by atoms with Crippen molar-refractivity contribution in [2.45, 2.75) is 18.9 Å². The van der Waals surface area contributed by atoms with Crippen molar-refractivity contribution in [1.82, 2.24) is 10.6 Å². The molecule has 7 nitrogen and oxygen atoms in total. The second-order valence-electron chi connectivity index (χ2n) is 6.20. The molecule has 1 saturated carbocycles. The van der Waals surface area contributed by atoms with Gasteiger partial charge in [0.15, 0.2) is 6.54 Å². The lowest BCUT2D eigenvalue weighted by atomic mass is 10.2. The minimum absolute atomic E-state index is 0.242. The second kappa shape index (κ2) is 6.87. The summed E-state index contributed by atoms with van der Waals surface area (Å²) in [4.78, 5) is 26.7.